The third kappa shape index (κ3) is 2.23. The first kappa shape index (κ1) is 12.9. The van der Waals surface area contributed by atoms with Crippen molar-refractivity contribution in [1.82, 2.24) is 15.5 Å². The van der Waals surface area contributed by atoms with Crippen LogP contribution in [0.1, 0.15) is 41.6 Å². The van der Waals surface area contributed by atoms with Gasteiger partial charge in [0.2, 0.25) is 0 Å². The van der Waals surface area contributed by atoms with E-state index in [2.05, 4.69) is 20.8 Å². The van der Waals surface area contributed by atoms with E-state index in [1.54, 1.807) is 11.3 Å². The van der Waals surface area contributed by atoms with Crippen LogP contribution >= 0.6 is 11.3 Å². The van der Waals surface area contributed by atoms with Gasteiger partial charge in [-0.25, -0.2) is 0 Å². The van der Waals surface area contributed by atoms with Gasteiger partial charge in [-0.3, -0.25) is 9.89 Å². The molecule has 1 fully saturated rings. The molecular weight excluding hydrogens is 284 g/mol. The average Bonchev–Trinajstić information content (AvgIpc) is 3.19. The fourth-order valence-electron chi connectivity index (χ4n) is 3.28. The van der Waals surface area contributed by atoms with Crippen LogP contribution in [0.3, 0.4) is 0 Å². The summed E-state index contributed by atoms with van der Waals surface area (Å²) in [5.41, 5.74) is 2.93. The van der Waals surface area contributed by atoms with Crippen LogP contribution in [0.4, 0.5) is 5.00 Å². The Morgan fingerprint density at radius 3 is 2.95 bits per heavy atom. The minimum Gasteiger partial charge on any atom is -0.374 e. The van der Waals surface area contributed by atoms with Crippen molar-refractivity contribution in [2.45, 2.75) is 38.1 Å². The standard InChI is InChI=1S/C15H18N4OS/c20-14-12-10(5-7-16-14)13(11-6-8-17-19-11)21-15(12)18-9-3-1-2-4-9/h6,8-9,18H,1-5,7H2,(H,16,20)(H,17,19). The lowest BCUT2D eigenvalue weighted by Gasteiger charge is -2.17. The Labute approximate surface area is 127 Å². The number of carbonyl (C=O) groups is 1. The fraction of sp³-hybridized carbons (Fsp3) is 0.467. The zero-order valence-electron chi connectivity index (χ0n) is 11.7. The number of carbonyl (C=O) groups excluding carboxylic acids is 1. The number of nitrogens with one attached hydrogen (secondary N) is 3. The second kappa shape index (κ2) is 5.18. The highest BCUT2D eigenvalue weighted by Crippen LogP contribution is 2.42. The highest BCUT2D eigenvalue weighted by atomic mass is 32.1. The van der Waals surface area contributed by atoms with Crippen LogP contribution in [0, 0.1) is 0 Å². The van der Waals surface area contributed by atoms with Crippen LogP contribution in [0.2, 0.25) is 0 Å². The van der Waals surface area contributed by atoms with Crippen LogP contribution in [0.5, 0.6) is 0 Å². The molecule has 5 nitrogen and oxygen atoms in total. The van der Waals surface area contributed by atoms with Crippen molar-refractivity contribution in [3.05, 3.63) is 23.4 Å². The summed E-state index contributed by atoms with van der Waals surface area (Å²) in [6, 6.07) is 2.48. The molecule has 1 aliphatic heterocycles. The largest absolute Gasteiger partial charge is 0.374 e. The van der Waals surface area contributed by atoms with E-state index in [1.165, 1.54) is 25.7 Å². The average molecular weight is 302 g/mol. The first-order chi connectivity index (χ1) is 10.3. The molecule has 3 heterocycles. The van der Waals surface area contributed by atoms with Gasteiger partial charge < -0.3 is 10.6 Å². The van der Waals surface area contributed by atoms with Crippen LogP contribution in [0.15, 0.2) is 12.3 Å². The Balaban J connectivity index is 1.77. The molecule has 21 heavy (non-hydrogen) atoms. The third-order valence-corrected chi connectivity index (χ3v) is 5.50. The van der Waals surface area contributed by atoms with Crippen molar-refractivity contribution in [3.8, 4) is 10.6 Å². The minimum atomic E-state index is 0.0507. The summed E-state index contributed by atoms with van der Waals surface area (Å²) in [5, 5.41) is 14.7. The second-order valence-corrected chi connectivity index (χ2v) is 6.73. The number of rotatable bonds is 3. The number of nitrogens with zero attached hydrogens (tertiary/aromatic N) is 1. The van der Waals surface area contributed by atoms with Gasteiger partial charge in [0, 0.05) is 18.8 Å². The summed E-state index contributed by atoms with van der Waals surface area (Å²) < 4.78 is 0. The lowest BCUT2D eigenvalue weighted by molar-refractivity contribution is 0.0947. The molecular formula is C15H18N4OS. The molecule has 110 valence electrons. The van der Waals surface area contributed by atoms with Crippen molar-refractivity contribution < 1.29 is 4.79 Å². The monoisotopic (exact) mass is 302 g/mol. The van der Waals surface area contributed by atoms with Gasteiger partial charge in [-0.2, -0.15) is 5.10 Å². The molecule has 6 heteroatoms. The second-order valence-electron chi connectivity index (χ2n) is 5.70. The van der Waals surface area contributed by atoms with E-state index in [4.69, 9.17) is 0 Å². The molecule has 0 radical (unpaired) electrons. The number of amides is 1. The van der Waals surface area contributed by atoms with Gasteiger partial charge in [-0.1, -0.05) is 12.8 Å². The molecule has 0 saturated heterocycles. The Morgan fingerprint density at radius 2 is 2.19 bits per heavy atom. The molecule has 0 aromatic carbocycles. The zero-order valence-corrected chi connectivity index (χ0v) is 12.6. The third-order valence-electron chi connectivity index (χ3n) is 4.32. The maximum atomic E-state index is 12.3. The van der Waals surface area contributed by atoms with Gasteiger partial charge in [0.1, 0.15) is 10.7 Å². The molecule has 0 unspecified atom stereocenters. The van der Waals surface area contributed by atoms with Crippen molar-refractivity contribution in [2.24, 2.45) is 0 Å². The quantitative estimate of drug-likeness (QED) is 0.816. The normalized spacial score (nSPS) is 18.6. The lowest BCUT2D eigenvalue weighted by Crippen LogP contribution is -2.32. The summed E-state index contributed by atoms with van der Waals surface area (Å²) >= 11 is 1.67. The van der Waals surface area contributed by atoms with E-state index in [0.717, 1.165) is 33.1 Å². The highest BCUT2D eigenvalue weighted by Gasteiger charge is 2.29. The molecule has 3 N–H and O–H groups in total. The highest BCUT2D eigenvalue weighted by molar-refractivity contribution is 7.20. The van der Waals surface area contributed by atoms with Crippen LogP contribution in [-0.4, -0.2) is 28.7 Å². The van der Waals surface area contributed by atoms with Crippen molar-refractivity contribution in [3.63, 3.8) is 0 Å². The van der Waals surface area contributed by atoms with E-state index in [9.17, 15) is 4.79 Å². The smallest absolute Gasteiger partial charge is 0.254 e. The predicted molar refractivity (Wildman–Crippen MR) is 83.8 cm³/mol. The zero-order chi connectivity index (χ0) is 14.2. The summed E-state index contributed by atoms with van der Waals surface area (Å²) in [5.74, 6) is 0.0507. The minimum absolute atomic E-state index is 0.0507. The number of H-pyrrole nitrogens is 1. The van der Waals surface area contributed by atoms with Gasteiger partial charge in [0.25, 0.3) is 5.91 Å². The molecule has 1 amide bonds. The van der Waals surface area contributed by atoms with Gasteiger partial charge in [-0.05, 0) is 30.9 Å². The van der Waals surface area contributed by atoms with Crippen molar-refractivity contribution >= 4 is 22.2 Å². The van der Waals surface area contributed by atoms with Gasteiger partial charge >= 0.3 is 0 Å². The first-order valence-corrected chi connectivity index (χ1v) is 8.35. The molecule has 2 aromatic rings. The fourth-order valence-corrected chi connectivity index (χ4v) is 4.58. The number of hydrogen-bond acceptors (Lipinski definition) is 4. The lowest BCUT2D eigenvalue weighted by atomic mass is 10.0. The van der Waals surface area contributed by atoms with Crippen LogP contribution < -0.4 is 10.6 Å². The number of hydrogen-bond donors (Lipinski definition) is 3. The molecule has 2 aromatic heterocycles. The number of anilines is 1. The van der Waals surface area contributed by atoms with E-state index in [1.807, 2.05) is 12.3 Å². The molecule has 1 aliphatic carbocycles. The summed E-state index contributed by atoms with van der Waals surface area (Å²) in [6.07, 6.45) is 7.67. The Morgan fingerprint density at radius 1 is 1.33 bits per heavy atom. The van der Waals surface area contributed by atoms with Crippen molar-refractivity contribution in [2.75, 3.05) is 11.9 Å². The predicted octanol–water partition coefficient (Wildman–Crippen LogP) is 2.78. The Bertz CT molecular complexity index is 656. The van der Waals surface area contributed by atoms with Gasteiger partial charge in [-0.15, -0.1) is 11.3 Å². The SMILES string of the molecule is O=C1NCCc2c(-c3cc[nH]n3)sc(NC3CCCC3)c21. The Kier molecular flexibility index (Phi) is 3.18. The molecule has 1 saturated carbocycles. The van der Waals surface area contributed by atoms with Crippen LogP contribution in [0.25, 0.3) is 10.6 Å². The van der Waals surface area contributed by atoms with Crippen LogP contribution in [-0.2, 0) is 6.42 Å². The maximum Gasteiger partial charge on any atom is 0.254 e. The van der Waals surface area contributed by atoms with E-state index < -0.39 is 0 Å². The van der Waals surface area contributed by atoms with Gasteiger partial charge in [0.05, 0.1) is 10.4 Å². The van der Waals surface area contributed by atoms with E-state index in [-0.39, 0.29) is 5.91 Å². The number of aromatic amines is 1. The molecule has 0 bridgehead atoms. The topological polar surface area (TPSA) is 69.8 Å². The summed E-state index contributed by atoms with van der Waals surface area (Å²) in [6.45, 7) is 0.711. The summed E-state index contributed by atoms with van der Waals surface area (Å²) in [4.78, 5) is 13.4. The molecule has 2 aliphatic rings. The Hall–Kier alpha value is -1.82. The molecule has 4 rings (SSSR count). The number of thiophene rings is 1. The van der Waals surface area contributed by atoms with Gasteiger partial charge in [0.15, 0.2) is 0 Å². The maximum absolute atomic E-state index is 12.3. The van der Waals surface area contributed by atoms with Crippen molar-refractivity contribution in [1.29, 1.82) is 0 Å². The molecule has 0 atom stereocenters. The summed E-state index contributed by atoms with van der Waals surface area (Å²) in [7, 11) is 0. The number of aromatic nitrogens is 2. The molecule has 0 spiro atoms. The van der Waals surface area contributed by atoms with E-state index in [0.29, 0.717) is 12.6 Å². The number of fused-ring (bicyclic) bond motifs is 1. The first-order valence-electron chi connectivity index (χ1n) is 7.53. The van der Waals surface area contributed by atoms with E-state index >= 15 is 0 Å².